The van der Waals surface area contributed by atoms with Crippen LogP contribution in [0.15, 0.2) is 36.5 Å². The van der Waals surface area contributed by atoms with Crippen LogP contribution in [0.3, 0.4) is 0 Å². The van der Waals surface area contributed by atoms with Crippen LogP contribution in [-0.4, -0.2) is 40.7 Å². The summed E-state index contributed by atoms with van der Waals surface area (Å²) in [5, 5.41) is 7.39. The summed E-state index contributed by atoms with van der Waals surface area (Å²) in [6.45, 7) is 4.19. The molecule has 1 aliphatic rings. The number of aryl methyl sites for hydroxylation is 1. The second-order valence-electron chi connectivity index (χ2n) is 6.84. The molecular weight excluding hydrogens is 300 g/mol. The number of piperidine rings is 1. The summed E-state index contributed by atoms with van der Waals surface area (Å²) in [6.07, 6.45) is 4.30. The van der Waals surface area contributed by atoms with Gasteiger partial charge in [0.2, 0.25) is 0 Å². The van der Waals surface area contributed by atoms with E-state index in [1.54, 1.807) is 4.68 Å². The number of benzene rings is 1. The van der Waals surface area contributed by atoms with Crippen LogP contribution in [0.5, 0.6) is 0 Å². The number of hydrogen-bond acceptors (Lipinski definition) is 3. The van der Waals surface area contributed by atoms with E-state index in [2.05, 4.69) is 28.4 Å². The summed E-state index contributed by atoms with van der Waals surface area (Å²) in [6, 6.07) is 9.89. The average molecular weight is 326 g/mol. The van der Waals surface area contributed by atoms with E-state index >= 15 is 0 Å². The number of carbonyl (C=O) groups excluding carboxylic acids is 1. The van der Waals surface area contributed by atoms with Gasteiger partial charge in [-0.3, -0.25) is 9.48 Å². The first-order chi connectivity index (χ1) is 11.5. The van der Waals surface area contributed by atoms with Gasteiger partial charge < -0.3 is 10.2 Å². The van der Waals surface area contributed by atoms with Gasteiger partial charge in [0.25, 0.3) is 5.91 Å². The summed E-state index contributed by atoms with van der Waals surface area (Å²) in [4.78, 5) is 14.9. The molecule has 1 aromatic heterocycles. The van der Waals surface area contributed by atoms with E-state index in [1.165, 1.54) is 18.4 Å². The lowest BCUT2D eigenvalue weighted by Crippen LogP contribution is -2.31. The summed E-state index contributed by atoms with van der Waals surface area (Å²) in [7, 11) is 4.04. The number of hydrogen-bond donors (Lipinski definition) is 1. The highest BCUT2D eigenvalue weighted by atomic mass is 16.1. The van der Waals surface area contributed by atoms with Gasteiger partial charge in [-0.15, -0.1) is 0 Å². The summed E-state index contributed by atoms with van der Waals surface area (Å²) < 4.78 is 1.75. The van der Waals surface area contributed by atoms with E-state index in [4.69, 9.17) is 0 Å². The fourth-order valence-electron chi connectivity index (χ4n) is 3.39. The number of rotatable bonds is 4. The van der Waals surface area contributed by atoms with Crippen LogP contribution in [-0.2, 0) is 7.05 Å². The van der Waals surface area contributed by atoms with Crippen LogP contribution in [0.4, 0.5) is 0 Å². The summed E-state index contributed by atoms with van der Waals surface area (Å²) in [5.41, 5.74) is 2.86. The summed E-state index contributed by atoms with van der Waals surface area (Å²) >= 11 is 0. The van der Waals surface area contributed by atoms with Gasteiger partial charge in [-0.1, -0.05) is 12.1 Å². The predicted octanol–water partition coefficient (Wildman–Crippen LogP) is 2.72. The lowest BCUT2D eigenvalue weighted by molar-refractivity contribution is 0.0939. The molecule has 1 aliphatic heterocycles. The molecule has 0 radical (unpaired) electrons. The predicted molar refractivity (Wildman–Crippen MR) is 95.0 cm³/mol. The van der Waals surface area contributed by atoms with Crippen molar-refractivity contribution in [2.24, 2.45) is 7.05 Å². The first-order valence-electron chi connectivity index (χ1n) is 8.62. The molecule has 2 heterocycles. The van der Waals surface area contributed by atoms with E-state index in [9.17, 15) is 4.79 Å². The maximum absolute atomic E-state index is 12.6. The Bertz CT molecular complexity index is 709. The van der Waals surface area contributed by atoms with Gasteiger partial charge in [0, 0.05) is 25.4 Å². The molecule has 2 unspecified atom stereocenters. The van der Waals surface area contributed by atoms with E-state index in [0.717, 1.165) is 24.3 Å². The minimum Gasteiger partial charge on any atom is -0.344 e. The first-order valence-corrected chi connectivity index (χ1v) is 8.62. The molecule has 1 saturated heterocycles. The molecule has 5 nitrogen and oxygen atoms in total. The molecule has 1 fully saturated rings. The number of carbonyl (C=O) groups is 1. The number of nitrogens with one attached hydrogen (secondary N) is 1. The Balaban J connectivity index is 1.70. The molecular formula is C19H26N4O. The van der Waals surface area contributed by atoms with Crippen molar-refractivity contribution in [3.05, 3.63) is 53.3 Å². The van der Waals surface area contributed by atoms with Crippen LogP contribution in [0.1, 0.15) is 53.3 Å². The second-order valence-corrected chi connectivity index (χ2v) is 6.84. The molecule has 0 saturated carbocycles. The smallest absolute Gasteiger partial charge is 0.251 e. The lowest BCUT2D eigenvalue weighted by atomic mass is 9.90. The van der Waals surface area contributed by atoms with E-state index in [0.29, 0.717) is 5.92 Å². The SMILES string of the molecule is CC(NC(=O)c1cccc(C2CCCN(C)C2)c1)c1ccn(C)n1. The third-order valence-electron chi connectivity index (χ3n) is 4.77. The van der Waals surface area contributed by atoms with Crippen molar-refractivity contribution in [1.82, 2.24) is 20.0 Å². The topological polar surface area (TPSA) is 50.2 Å². The zero-order valence-corrected chi connectivity index (χ0v) is 14.7. The number of likely N-dealkylation sites (N-methyl/N-ethyl adjacent to an activating group) is 1. The van der Waals surface area contributed by atoms with Crippen LogP contribution >= 0.6 is 0 Å². The maximum Gasteiger partial charge on any atom is 0.251 e. The monoisotopic (exact) mass is 326 g/mol. The molecule has 0 spiro atoms. The van der Waals surface area contributed by atoms with E-state index in [1.807, 2.05) is 44.4 Å². The number of aromatic nitrogens is 2. The molecule has 5 heteroatoms. The largest absolute Gasteiger partial charge is 0.344 e. The molecule has 0 aliphatic carbocycles. The van der Waals surface area contributed by atoms with Gasteiger partial charge in [-0.2, -0.15) is 5.10 Å². The van der Waals surface area contributed by atoms with Crippen LogP contribution in [0.2, 0.25) is 0 Å². The quantitative estimate of drug-likeness (QED) is 0.940. The molecule has 1 N–H and O–H groups in total. The van der Waals surface area contributed by atoms with Gasteiger partial charge in [0.1, 0.15) is 0 Å². The number of nitrogens with zero attached hydrogens (tertiary/aromatic N) is 3. The molecule has 2 atom stereocenters. The molecule has 0 bridgehead atoms. The highest BCUT2D eigenvalue weighted by Gasteiger charge is 2.20. The van der Waals surface area contributed by atoms with Crippen LogP contribution < -0.4 is 5.32 Å². The number of likely N-dealkylation sites (tertiary alicyclic amines) is 1. The van der Waals surface area contributed by atoms with Crippen molar-refractivity contribution in [1.29, 1.82) is 0 Å². The highest BCUT2D eigenvalue weighted by Crippen LogP contribution is 2.26. The van der Waals surface area contributed by atoms with Crippen molar-refractivity contribution in [2.45, 2.75) is 31.7 Å². The third kappa shape index (κ3) is 3.85. The highest BCUT2D eigenvalue weighted by molar-refractivity contribution is 5.94. The standard InChI is InChI=1S/C19H26N4O/c1-14(18-9-11-23(3)21-18)20-19(24)16-7-4-6-15(12-16)17-8-5-10-22(2)13-17/h4,6-7,9,11-12,14,17H,5,8,10,13H2,1-3H3,(H,20,24). The maximum atomic E-state index is 12.6. The Morgan fingerprint density at radius 2 is 2.17 bits per heavy atom. The van der Waals surface area contributed by atoms with Gasteiger partial charge in [0.05, 0.1) is 11.7 Å². The Kier molecular flexibility index (Phi) is 5.00. The molecule has 1 amide bonds. The van der Waals surface area contributed by atoms with Crippen molar-refractivity contribution < 1.29 is 4.79 Å². The normalized spacial score (nSPS) is 19.9. The molecule has 1 aromatic carbocycles. The van der Waals surface area contributed by atoms with Crippen molar-refractivity contribution in [2.75, 3.05) is 20.1 Å². The van der Waals surface area contributed by atoms with Gasteiger partial charge in [-0.05, 0) is 63.0 Å². The minimum atomic E-state index is -0.108. The second kappa shape index (κ2) is 7.18. The van der Waals surface area contributed by atoms with Crippen LogP contribution in [0.25, 0.3) is 0 Å². The first kappa shape index (κ1) is 16.7. The third-order valence-corrected chi connectivity index (χ3v) is 4.77. The Hall–Kier alpha value is -2.14. The fourth-order valence-corrected chi connectivity index (χ4v) is 3.39. The number of amides is 1. The zero-order chi connectivity index (χ0) is 17.1. The Morgan fingerprint density at radius 1 is 1.33 bits per heavy atom. The average Bonchev–Trinajstić information content (AvgIpc) is 3.01. The fraction of sp³-hybridized carbons (Fsp3) is 0.474. The summed E-state index contributed by atoms with van der Waals surface area (Å²) in [5.74, 6) is 0.476. The Morgan fingerprint density at radius 3 is 2.88 bits per heavy atom. The van der Waals surface area contributed by atoms with Crippen molar-refractivity contribution >= 4 is 5.91 Å². The van der Waals surface area contributed by atoms with Gasteiger partial charge in [-0.25, -0.2) is 0 Å². The molecule has 3 rings (SSSR count). The van der Waals surface area contributed by atoms with Crippen molar-refractivity contribution in [3.63, 3.8) is 0 Å². The zero-order valence-electron chi connectivity index (χ0n) is 14.7. The van der Waals surface area contributed by atoms with E-state index < -0.39 is 0 Å². The lowest BCUT2D eigenvalue weighted by Gasteiger charge is -2.30. The molecule has 24 heavy (non-hydrogen) atoms. The van der Waals surface area contributed by atoms with E-state index in [-0.39, 0.29) is 11.9 Å². The van der Waals surface area contributed by atoms with Crippen molar-refractivity contribution in [3.8, 4) is 0 Å². The van der Waals surface area contributed by atoms with Crippen LogP contribution in [0, 0.1) is 0 Å². The minimum absolute atomic E-state index is 0.0424. The molecule has 128 valence electrons. The Labute approximate surface area is 143 Å². The van der Waals surface area contributed by atoms with Gasteiger partial charge >= 0.3 is 0 Å². The molecule has 2 aromatic rings. The van der Waals surface area contributed by atoms with Gasteiger partial charge in [0.15, 0.2) is 0 Å².